The monoisotopic (exact) mass is 325 g/mol. The van der Waals surface area contributed by atoms with Gasteiger partial charge in [-0.1, -0.05) is 48.9 Å². The van der Waals surface area contributed by atoms with E-state index >= 15 is 0 Å². The minimum absolute atomic E-state index is 0.0968. The first kappa shape index (κ1) is 15.8. The molecule has 21 heavy (non-hydrogen) atoms. The van der Waals surface area contributed by atoms with Gasteiger partial charge in [0.05, 0.1) is 7.11 Å². The number of hydrogen-bond acceptors (Lipinski definition) is 5. The number of benzene rings is 1. The van der Waals surface area contributed by atoms with Crippen molar-refractivity contribution in [3.05, 3.63) is 39.4 Å². The maximum Gasteiger partial charge on any atom is 0.351 e. The summed E-state index contributed by atoms with van der Waals surface area (Å²) in [6, 6.07) is 6.05. The second kappa shape index (κ2) is 6.45. The van der Waals surface area contributed by atoms with Gasteiger partial charge in [-0.05, 0) is 30.0 Å². The second-order valence-electron chi connectivity index (χ2n) is 4.87. The van der Waals surface area contributed by atoms with Gasteiger partial charge in [-0.25, -0.2) is 4.79 Å². The molecule has 0 saturated carbocycles. The van der Waals surface area contributed by atoms with Crippen molar-refractivity contribution in [1.82, 2.24) is 4.98 Å². The summed E-state index contributed by atoms with van der Waals surface area (Å²) in [6.07, 6.45) is 0. The highest BCUT2D eigenvalue weighted by Crippen LogP contribution is 2.34. The summed E-state index contributed by atoms with van der Waals surface area (Å²) >= 11 is 6.99. The largest absolute Gasteiger partial charge is 0.465 e. The van der Waals surface area contributed by atoms with Gasteiger partial charge >= 0.3 is 5.97 Å². The van der Waals surface area contributed by atoms with E-state index in [1.165, 1.54) is 12.7 Å². The minimum Gasteiger partial charge on any atom is -0.465 e. The van der Waals surface area contributed by atoms with Gasteiger partial charge in [-0.15, -0.1) is 0 Å². The highest BCUT2D eigenvalue weighted by Gasteiger charge is 2.19. The molecule has 1 aromatic heterocycles. The molecule has 6 heteroatoms. The molecule has 0 aliphatic carbocycles. The average molecular weight is 326 g/mol. The Balaban J connectivity index is 2.30. The zero-order valence-electron chi connectivity index (χ0n) is 12.3. The third-order valence-electron chi connectivity index (χ3n) is 3.01. The first-order valence-corrected chi connectivity index (χ1v) is 7.65. The normalized spacial score (nSPS) is 10.8. The standard InChI is InChI=1S/C15H16ClNO3S/c1-8(2)10-6-5-9(3)11(7-10)20-15-17-13(16)12(21-15)14(18)19-4/h5-8H,1-4H3. The topological polar surface area (TPSA) is 48.4 Å². The molecule has 1 heterocycles. The van der Waals surface area contributed by atoms with Crippen molar-refractivity contribution in [2.24, 2.45) is 0 Å². The van der Waals surface area contributed by atoms with Gasteiger partial charge in [-0.3, -0.25) is 0 Å². The van der Waals surface area contributed by atoms with E-state index in [0.717, 1.165) is 16.9 Å². The molecule has 0 bridgehead atoms. The lowest BCUT2D eigenvalue weighted by Crippen LogP contribution is -1.98. The number of carbonyl (C=O) groups excluding carboxylic acids is 1. The lowest BCUT2D eigenvalue weighted by molar-refractivity contribution is 0.0606. The lowest BCUT2D eigenvalue weighted by Gasteiger charge is -2.10. The van der Waals surface area contributed by atoms with Gasteiger partial charge in [0, 0.05) is 0 Å². The number of nitrogens with zero attached hydrogens (tertiary/aromatic N) is 1. The van der Waals surface area contributed by atoms with E-state index in [2.05, 4.69) is 29.6 Å². The SMILES string of the molecule is COC(=O)c1sc(Oc2cc(C(C)C)ccc2C)nc1Cl. The average Bonchev–Trinajstić information content (AvgIpc) is 2.81. The van der Waals surface area contributed by atoms with E-state index in [1.54, 1.807) is 0 Å². The fraction of sp³-hybridized carbons (Fsp3) is 0.333. The number of thiazole rings is 1. The van der Waals surface area contributed by atoms with Gasteiger partial charge in [0.2, 0.25) is 0 Å². The van der Waals surface area contributed by atoms with Crippen LogP contribution in [0.2, 0.25) is 5.15 Å². The van der Waals surface area contributed by atoms with E-state index in [4.69, 9.17) is 16.3 Å². The van der Waals surface area contributed by atoms with Crippen LogP contribution in [-0.4, -0.2) is 18.1 Å². The summed E-state index contributed by atoms with van der Waals surface area (Å²) in [6.45, 7) is 6.18. The maximum atomic E-state index is 11.5. The van der Waals surface area contributed by atoms with Crippen LogP contribution in [0.25, 0.3) is 0 Å². The van der Waals surface area contributed by atoms with Crippen molar-refractivity contribution in [2.75, 3.05) is 7.11 Å². The minimum atomic E-state index is -0.514. The van der Waals surface area contributed by atoms with Crippen LogP contribution in [-0.2, 0) is 4.74 Å². The molecular formula is C15H16ClNO3S. The zero-order valence-corrected chi connectivity index (χ0v) is 13.8. The predicted molar refractivity (Wildman–Crippen MR) is 83.8 cm³/mol. The van der Waals surface area contributed by atoms with Crippen LogP contribution in [0.1, 0.15) is 40.6 Å². The molecule has 1 aromatic carbocycles. The Kier molecular flexibility index (Phi) is 4.85. The molecule has 4 nitrogen and oxygen atoms in total. The van der Waals surface area contributed by atoms with Gasteiger partial charge < -0.3 is 9.47 Å². The van der Waals surface area contributed by atoms with Crippen molar-refractivity contribution < 1.29 is 14.3 Å². The van der Waals surface area contributed by atoms with Gasteiger partial charge in [0.1, 0.15) is 5.75 Å². The van der Waals surface area contributed by atoms with E-state index in [0.29, 0.717) is 16.9 Å². The number of aryl methyl sites for hydroxylation is 1. The van der Waals surface area contributed by atoms with E-state index in [9.17, 15) is 4.79 Å². The molecule has 0 spiro atoms. The molecule has 0 amide bonds. The van der Waals surface area contributed by atoms with Crippen LogP contribution in [0.5, 0.6) is 10.9 Å². The van der Waals surface area contributed by atoms with Crippen LogP contribution >= 0.6 is 22.9 Å². The van der Waals surface area contributed by atoms with Crippen molar-refractivity contribution in [2.45, 2.75) is 26.7 Å². The van der Waals surface area contributed by atoms with E-state index in [1.807, 2.05) is 19.1 Å². The molecule has 0 aliphatic rings. The second-order valence-corrected chi connectivity index (χ2v) is 6.19. The zero-order chi connectivity index (χ0) is 15.6. The Morgan fingerprint density at radius 1 is 1.38 bits per heavy atom. The number of aromatic nitrogens is 1. The predicted octanol–water partition coefficient (Wildman–Crippen LogP) is 4.81. The van der Waals surface area contributed by atoms with Crippen molar-refractivity contribution >= 4 is 28.9 Å². The Bertz CT molecular complexity index is 667. The number of esters is 1. The molecule has 2 rings (SSSR count). The molecule has 0 fully saturated rings. The van der Waals surface area contributed by atoms with Crippen LogP contribution < -0.4 is 4.74 Å². The Hall–Kier alpha value is -1.59. The van der Waals surface area contributed by atoms with Gasteiger partial charge in [-0.2, -0.15) is 4.98 Å². The fourth-order valence-electron chi connectivity index (χ4n) is 1.73. The summed E-state index contributed by atoms with van der Waals surface area (Å²) in [7, 11) is 1.30. The molecule has 0 N–H and O–H groups in total. The third kappa shape index (κ3) is 3.54. The molecule has 0 radical (unpaired) electrons. The Morgan fingerprint density at radius 2 is 2.10 bits per heavy atom. The molecule has 112 valence electrons. The van der Waals surface area contributed by atoms with Crippen LogP contribution in [0.4, 0.5) is 0 Å². The molecule has 0 aliphatic heterocycles. The molecule has 0 unspecified atom stereocenters. The van der Waals surface area contributed by atoms with Crippen molar-refractivity contribution in [1.29, 1.82) is 0 Å². The molecular weight excluding hydrogens is 310 g/mol. The van der Waals surface area contributed by atoms with Crippen LogP contribution in [0, 0.1) is 6.92 Å². The van der Waals surface area contributed by atoms with E-state index < -0.39 is 5.97 Å². The first-order chi connectivity index (χ1) is 9.92. The summed E-state index contributed by atoms with van der Waals surface area (Å²) in [5.74, 6) is 0.599. The number of hydrogen-bond donors (Lipinski definition) is 0. The van der Waals surface area contributed by atoms with Crippen LogP contribution in [0.3, 0.4) is 0 Å². The highest BCUT2D eigenvalue weighted by molar-refractivity contribution is 7.15. The molecule has 2 aromatic rings. The smallest absolute Gasteiger partial charge is 0.351 e. The maximum absolute atomic E-state index is 11.5. The number of rotatable bonds is 4. The van der Waals surface area contributed by atoms with Gasteiger partial charge in [0.25, 0.3) is 5.19 Å². The number of halogens is 1. The van der Waals surface area contributed by atoms with Crippen LogP contribution in [0.15, 0.2) is 18.2 Å². The lowest BCUT2D eigenvalue weighted by atomic mass is 10.0. The summed E-state index contributed by atoms with van der Waals surface area (Å²) in [4.78, 5) is 15.8. The van der Waals surface area contributed by atoms with Crippen molar-refractivity contribution in [3.63, 3.8) is 0 Å². The first-order valence-electron chi connectivity index (χ1n) is 6.45. The third-order valence-corrected chi connectivity index (χ3v) is 4.31. The number of methoxy groups -OCH3 is 1. The Morgan fingerprint density at radius 3 is 2.71 bits per heavy atom. The Labute approximate surface area is 132 Å². The fourth-order valence-corrected chi connectivity index (χ4v) is 2.78. The summed E-state index contributed by atoms with van der Waals surface area (Å²) < 4.78 is 10.4. The molecule has 0 atom stereocenters. The molecule has 0 saturated heterocycles. The van der Waals surface area contributed by atoms with E-state index in [-0.39, 0.29) is 10.0 Å². The number of carbonyl (C=O) groups is 1. The quantitative estimate of drug-likeness (QED) is 0.757. The van der Waals surface area contributed by atoms with Gasteiger partial charge in [0.15, 0.2) is 10.0 Å². The summed E-state index contributed by atoms with van der Waals surface area (Å²) in [5.41, 5.74) is 2.16. The summed E-state index contributed by atoms with van der Waals surface area (Å²) in [5, 5.41) is 0.420. The highest BCUT2D eigenvalue weighted by atomic mass is 35.5. The number of ether oxygens (including phenoxy) is 2. The van der Waals surface area contributed by atoms with Crippen molar-refractivity contribution in [3.8, 4) is 10.9 Å².